The molecule has 2 N–H and O–H groups in total. The van der Waals surface area contributed by atoms with Crippen molar-refractivity contribution in [1.29, 1.82) is 0 Å². The molecule has 3 aromatic carbocycles. The Kier molecular flexibility index (Phi) is 5.00. The summed E-state index contributed by atoms with van der Waals surface area (Å²) in [6.07, 6.45) is 1.29. The van der Waals surface area contributed by atoms with E-state index in [-0.39, 0.29) is 5.76 Å². The van der Waals surface area contributed by atoms with E-state index in [2.05, 4.69) is 0 Å². The van der Waals surface area contributed by atoms with Crippen LogP contribution < -0.4 is 4.90 Å². The molecule has 0 amide bonds. The Morgan fingerprint density at radius 2 is 1.43 bits per heavy atom. The molecule has 1 heterocycles. The second kappa shape index (κ2) is 7.75. The Bertz CT molecular complexity index is 1020. The number of aliphatic hydroxyl groups is 2. The molecule has 0 aliphatic carbocycles. The van der Waals surface area contributed by atoms with Gasteiger partial charge in [-0.3, -0.25) is 0 Å². The molecule has 1 aliphatic rings. The highest BCUT2D eigenvalue weighted by molar-refractivity contribution is 5.84. The lowest BCUT2D eigenvalue weighted by atomic mass is 9.94. The maximum atomic E-state index is 11.3. The highest BCUT2D eigenvalue weighted by atomic mass is 16.3. The van der Waals surface area contributed by atoms with Crippen LogP contribution in [0, 0.1) is 6.92 Å². The molecule has 0 fully saturated rings. The molecule has 0 saturated heterocycles. The second-order valence-electron chi connectivity index (χ2n) is 7.00. The van der Waals surface area contributed by atoms with Crippen LogP contribution in [0.25, 0.3) is 5.70 Å². The third kappa shape index (κ3) is 3.45. The summed E-state index contributed by atoms with van der Waals surface area (Å²) in [5, 5.41) is 22.1. The van der Waals surface area contributed by atoms with Gasteiger partial charge in [-0.25, -0.2) is 0 Å². The molecule has 4 rings (SSSR count). The summed E-state index contributed by atoms with van der Waals surface area (Å²) in [6.45, 7) is 2.03. The van der Waals surface area contributed by atoms with E-state index in [1.807, 2.05) is 96.8 Å². The SMILES string of the molecule is Cc1ccccc1C1=CC(O)=C(Cc2ccccc2)C(O)N1c1ccccc1. The molecule has 0 spiro atoms. The van der Waals surface area contributed by atoms with Gasteiger partial charge in [0, 0.05) is 29.3 Å². The number of para-hydroxylation sites is 1. The summed E-state index contributed by atoms with van der Waals surface area (Å²) >= 11 is 0. The first-order valence-electron chi connectivity index (χ1n) is 9.41. The Hall–Kier alpha value is -3.30. The van der Waals surface area contributed by atoms with E-state index in [0.29, 0.717) is 12.0 Å². The molecule has 28 heavy (non-hydrogen) atoms. The largest absolute Gasteiger partial charge is 0.508 e. The molecule has 3 aromatic rings. The molecule has 0 aromatic heterocycles. The van der Waals surface area contributed by atoms with Crippen molar-refractivity contribution >= 4 is 11.4 Å². The minimum Gasteiger partial charge on any atom is -0.508 e. The number of anilines is 1. The topological polar surface area (TPSA) is 43.7 Å². The van der Waals surface area contributed by atoms with Gasteiger partial charge in [0.15, 0.2) is 6.23 Å². The van der Waals surface area contributed by atoms with Gasteiger partial charge in [0.1, 0.15) is 5.76 Å². The molecule has 1 atom stereocenters. The van der Waals surface area contributed by atoms with Crippen LogP contribution in [0.2, 0.25) is 0 Å². The highest BCUT2D eigenvalue weighted by Gasteiger charge is 2.31. The predicted octanol–water partition coefficient (Wildman–Crippen LogP) is 5.23. The number of rotatable bonds is 4. The van der Waals surface area contributed by atoms with Gasteiger partial charge >= 0.3 is 0 Å². The van der Waals surface area contributed by atoms with Crippen LogP contribution in [0.5, 0.6) is 0 Å². The molecule has 1 unspecified atom stereocenters. The summed E-state index contributed by atoms with van der Waals surface area (Å²) in [7, 11) is 0. The number of nitrogens with zero attached hydrogens (tertiary/aromatic N) is 1. The molecule has 0 bridgehead atoms. The summed E-state index contributed by atoms with van der Waals surface area (Å²) in [6, 6.07) is 27.7. The summed E-state index contributed by atoms with van der Waals surface area (Å²) < 4.78 is 0. The van der Waals surface area contributed by atoms with Gasteiger partial charge in [-0.1, -0.05) is 72.8 Å². The zero-order valence-electron chi connectivity index (χ0n) is 15.8. The van der Waals surface area contributed by atoms with Crippen molar-refractivity contribution in [3.63, 3.8) is 0 Å². The summed E-state index contributed by atoms with van der Waals surface area (Å²) in [5.41, 5.74) is 5.36. The number of benzene rings is 3. The summed E-state index contributed by atoms with van der Waals surface area (Å²) in [4.78, 5) is 1.89. The van der Waals surface area contributed by atoms with E-state index in [0.717, 1.165) is 28.1 Å². The van der Waals surface area contributed by atoms with Crippen molar-refractivity contribution < 1.29 is 10.2 Å². The number of aryl methyl sites for hydroxylation is 1. The average molecular weight is 369 g/mol. The minimum absolute atomic E-state index is 0.127. The Balaban J connectivity index is 1.84. The van der Waals surface area contributed by atoms with E-state index in [9.17, 15) is 10.2 Å². The van der Waals surface area contributed by atoms with Crippen molar-refractivity contribution in [2.24, 2.45) is 0 Å². The standard InChI is InChI=1S/C25H23NO2/c1-18-10-8-9-15-21(18)23-17-24(27)22(16-19-11-4-2-5-12-19)25(28)26(23)20-13-6-3-7-14-20/h2-15,17,25,27-28H,16H2,1H3. The first-order chi connectivity index (χ1) is 13.6. The lowest BCUT2D eigenvalue weighted by Crippen LogP contribution is -2.39. The zero-order chi connectivity index (χ0) is 19.5. The second-order valence-corrected chi connectivity index (χ2v) is 7.00. The molecule has 140 valence electrons. The van der Waals surface area contributed by atoms with Gasteiger partial charge < -0.3 is 15.1 Å². The van der Waals surface area contributed by atoms with Crippen LogP contribution in [-0.2, 0) is 6.42 Å². The van der Waals surface area contributed by atoms with Crippen LogP contribution in [0.15, 0.2) is 102 Å². The highest BCUT2D eigenvalue weighted by Crippen LogP contribution is 2.37. The van der Waals surface area contributed by atoms with Crippen LogP contribution in [0.4, 0.5) is 5.69 Å². The van der Waals surface area contributed by atoms with Gasteiger partial charge in [0.2, 0.25) is 0 Å². The first kappa shape index (κ1) is 18.1. The Labute approximate surface area is 165 Å². The van der Waals surface area contributed by atoms with Gasteiger partial charge in [-0.2, -0.15) is 0 Å². The van der Waals surface area contributed by atoms with E-state index in [1.54, 1.807) is 6.08 Å². The maximum Gasteiger partial charge on any atom is 0.157 e. The number of allylic oxidation sites excluding steroid dienone is 1. The molecule has 3 nitrogen and oxygen atoms in total. The first-order valence-corrected chi connectivity index (χ1v) is 9.41. The Morgan fingerprint density at radius 1 is 0.821 bits per heavy atom. The fourth-order valence-corrected chi connectivity index (χ4v) is 3.65. The van der Waals surface area contributed by atoms with Gasteiger partial charge in [-0.05, 0) is 30.2 Å². The van der Waals surface area contributed by atoms with E-state index < -0.39 is 6.23 Å². The fourth-order valence-electron chi connectivity index (χ4n) is 3.65. The van der Waals surface area contributed by atoms with Crippen LogP contribution >= 0.6 is 0 Å². The maximum absolute atomic E-state index is 11.3. The van der Waals surface area contributed by atoms with Crippen LogP contribution in [-0.4, -0.2) is 16.4 Å². The van der Waals surface area contributed by atoms with Crippen molar-refractivity contribution in [3.05, 3.63) is 119 Å². The third-order valence-corrected chi connectivity index (χ3v) is 5.11. The molecule has 0 saturated carbocycles. The monoisotopic (exact) mass is 369 g/mol. The molecular formula is C25H23NO2. The third-order valence-electron chi connectivity index (χ3n) is 5.11. The number of aliphatic hydroxyl groups excluding tert-OH is 2. The van der Waals surface area contributed by atoms with E-state index >= 15 is 0 Å². The smallest absolute Gasteiger partial charge is 0.157 e. The zero-order valence-corrected chi connectivity index (χ0v) is 15.8. The lowest BCUT2D eigenvalue weighted by Gasteiger charge is -2.37. The van der Waals surface area contributed by atoms with Gasteiger partial charge in [0.05, 0.1) is 5.70 Å². The number of hydrogen-bond acceptors (Lipinski definition) is 3. The number of hydrogen-bond donors (Lipinski definition) is 2. The van der Waals surface area contributed by atoms with Crippen molar-refractivity contribution in [2.45, 2.75) is 19.6 Å². The van der Waals surface area contributed by atoms with Crippen molar-refractivity contribution in [1.82, 2.24) is 0 Å². The van der Waals surface area contributed by atoms with E-state index in [4.69, 9.17) is 0 Å². The molecule has 1 aliphatic heterocycles. The van der Waals surface area contributed by atoms with Crippen LogP contribution in [0.3, 0.4) is 0 Å². The van der Waals surface area contributed by atoms with E-state index in [1.165, 1.54) is 0 Å². The minimum atomic E-state index is -0.956. The van der Waals surface area contributed by atoms with Crippen molar-refractivity contribution in [2.75, 3.05) is 4.90 Å². The van der Waals surface area contributed by atoms with Gasteiger partial charge in [-0.15, -0.1) is 0 Å². The summed E-state index contributed by atoms with van der Waals surface area (Å²) in [5.74, 6) is 0.127. The fraction of sp³-hybridized carbons (Fsp3) is 0.120. The molecular weight excluding hydrogens is 346 g/mol. The molecule has 0 radical (unpaired) electrons. The predicted molar refractivity (Wildman–Crippen MR) is 114 cm³/mol. The van der Waals surface area contributed by atoms with Crippen LogP contribution in [0.1, 0.15) is 16.7 Å². The normalized spacial score (nSPS) is 16.9. The quantitative estimate of drug-likeness (QED) is 0.662. The molecule has 3 heteroatoms. The van der Waals surface area contributed by atoms with Gasteiger partial charge in [0.25, 0.3) is 0 Å². The average Bonchev–Trinajstić information content (AvgIpc) is 2.72. The van der Waals surface area contributed by atoms with Crippen molar-refractivity contribution in [3.8, 4) is 0 Å². The lowest BCUT2D eigenvalue weighted by molar-refractivity contribution is 0.205. The Morgan fingerprint density at radius 3 is 2.11 bits per heavy atom.